The van der Waals surface area contributed by atoms with Crippen molar-refractivity contribution in [3.8, 4) is 0 Å². The van der Waals surface area contributed by atoms with Crippen molar-refractivity contribution in [3.63, 3.8) is 0 Å². The van der Waals surface area contributed by atoms with Gasteiger partial charge in [-0.25, -0.2) is 8.42 Å². The van der Waals surface area contributed by atoms with Gasteiger partial charge in [0.25, 0.3) is 21.5 Å². The maximum absolute atomic E-state index is 13.4. The number of aromatic nitrogens is 1. The van der Waals surface area contributed by atoms with Gasteiger partial charge in [-0.05, 0) is 73.7 Å². The number of pyridine rings is 1. The van der Waals surface area contributed by atoms with Crippen LogP contribution >= 0.6 is 11.6 Å². The molecule has 2 N–H and O–H groups in total. The molecule has 3 heterocycles. The molecule has 204 valence electrons. The minimum Gasteiger partial charge on any atom is -0.369 e. The number of nitrogens with zero attached hydrogens (tertiary/aromatic N) is 2. The van der Waals surface area contributed by atoms with Crippen LogP contribution in [0.1, 0.15) is 54.1 Å². The smallest absolute Gasteiger partial charge is 0.261 e. The molecule has 2 atom stereocenters. The predicted octanol–water partition coefficient (Wildman–Crippen LogP) is 4.60. The van der Waals surface area contributed by atoms with Crippen LogP contribution in [-0.4, -0.2) is 38.0 Å². The summed E-state index contributed by atoms with van der Waals surface area (Å²) < 4.78 is 31.4. The molecule has 8 nitrogen and oxygen atoms in total. The molecule has 2 fully saturated rings. The summed E-state index contributed by atoms with van der Waals surface area (Å²) in [7, 11) is -3.94. The fraction of sp³-hybridized carbons (Fsp3) is 0.379. The second kappa shape index (κ2) is 10.4. The van der Waals surface area contributed by atoms with E-state index in [0.29, 0.717) is 41.6 Å². The Morgan fingerprint density at radius 3 is 2.49 bits per heavy atom. The first-order valence-corrected chi connectivity index (χ1v) is 15.3. The molecule has 1 aliphatic carbocycles. The van der Waals surface area contributed by atoms with Crippen molar-refractivity contribution in [2.24, 2.45) is 5.92 Å². The third kappa shape index (κ3) is 5.30. The molecule has 3 aliphatic rings. The molecule has 6 rings (SSSR count). The van der Waals surface area contributed by atoms with E-state index in [2.05, 4.69) is 14.9 Å². The van der Waals surface area contributed by atoms with E-state index in [-0.39, 0.29) is 34.2 Å². The number of carbonyl (C=O) groups excluding carboxylic acids is 1. The zero-order valence-electron chi connectivity index (χ0n) is 21.5. The average molecular weight is 567 g/mol. The number of nitrogens with one attached hydrogen (secondary N) is 2. The molecule has 2 aromatic carbocycles. The number of hydrogen-bond donors (Lipinski definition) is 2. The number of rotatable bonds is 6. The molecular weight excluding hydrogens is 536 g/mol. The highest BCUT2D eigenvalue weighted by molar-refractivity contribution is 7.92. The number of hydrogen-bond acceptors (Lipinski definition) is 5. The summed E-state index contributed by atoms with van der Waals surface area (Å²) in [5, 5.41) is 3.54. The molecule has 1 saturated heterocycles. The molecule has 2 unspecified atom stereocenters. The molecule has 1 amide bonds. The Morgan fingerprint density at radius 1 is 0.949 bits per heavy atom. The van der Waals surface area contributed by atoms with Crippen LogP contribution in [0.5, 0.6) is 0 Å². The summed E-state index contributed by atoms with van der Waals surface area (Å²) in [4.78, 5) is 27.8. The first-order chi connectivity index (χ1) is 18.8. The summed E-state index contributed by atoms with van der Waals surface area (Å²) in [6.07, 6.45) is 5.10. The number of piperidine rings is 1. The van der Waals surface area contributed by atoms with Gasteiger partial charge < -0.3 is 14.8 Å². The van der Waals surface area contributed by atoms with E-state index in [1.165, 1.54) is 24.3 Å². The van der Waals surface area contributed by atoms with E-state index in [4.69, 9.17) is 11.6 Å². The molecular formula is C29H31ClN4O4S. The van der Waals surface area contributed by atoms with Crippen LogP contribution < -0.4 is 20.5 Å². The molecule has 39 heavy (non-hydrogen) atoms. The first-order valence-electron chi connectivity index (χ1n) is 13.4. The summed E-state index contributed by atoms with van der Waals surface area (Å²) in [6.45, 7) is 1.96. The highest BCUT2D eigenvalue weighted by Gasteiger charge is 2.35. The number of fused-ring (bicyclic) bond motifs is 4. The van der Waals surface area contributed by atoms with Crippen LogP contribution in [0.15, 0.2) is 70.4 Å². The van der Waals surface area contributed by atoms with Crippen LogP contribution in [0.4, 0.5) is 11.4 Å². The van der Waals surface area contributed by atoms with Crippen LogP contribution in [0.25, 0.3) is 0 Å². The van der Waals surface area contributed by atoms with Gasteiger partial charge in [-0.15, -0.1) is 0 Å². The summed E-state index contributed by atoms with van der Waals surface area (Å²) in [5.74, 6) is 0.198. The Kier molecular flexibility index (Phi) is 6.89. The molecule has 0 spiro atoms. The normalized spacial score (nSPS) is 20.9. The minimum atomic E-state index is -3.94. The molecule has 1 aromatic heterocycles. The Morgan fingerprint density at radius 2 is 1.72 bits per heavy atom. The van der Waals surface area contributed by atoms with Gasteiger partial charge in [0.2, 0.25) is 0 Å². The van der Waals surface area contributed by atoms with Crippen molar-refractivity contribution in [2.75, 3.05) is 22.7 Å². The monoisotopic (exact) mass is 566 g/mol. The number of carbonyl (C=O) groups is 1. The molecule has 0 radical (unpaired) electrons. The van der Waals surface area contributed by atoms with Crippen LogP contribution in [0.2, 0.25) is 5.02 Å². The van der Waals surface area contributed by atoms with Crippen molar-refractivity contribution in [2.45, 2.75) is 55.5 Å². The van der Waals surface area contributed by atoms with Crippen LogP contribution in [0, 0.1) is 5.92 Å². The quantitative estimate of drug-likeness (QED) is 0.454. The van der Waals surface area contributed by atoms with Crippen LogP contribution in [0.3, 0.4) is 0 Å². The van der Waals surface area contributed by atoms with E-state index in [1.807, 2.05) is 16.7 Å². The average Bonchev–Trinajstić information content (AvgIpc) is 3.42. The summed E-state index contributed by atoms with van der Waals surface area (Å²) in [6, 6.07) is 16.8. The lowest BCUT2D eigenvalue weighted by atomic mass is 9.83. The molecule has 2 aliphatic heterocycles. The molecule has 1 saturated carbocycles. The zero-order chi connectivity index (χ0) is 27.1. The largest absolute Gasteiger partial charge is 0.369 e. The number of amides is 1. The predicted molar refractivity (Wildman–Crippen MR) is 152 cm³/mol. The lowest BCUT2D eigenvalue weighted by Crippen LogP contribution is -2.47. The van der Waals surface area contributed by atoms with E-state index in [0.717, 1.165) is 37.8 Å². The molecule has 3 aromatic rings. The zero-order valence-corrected chi connectivity index (χ0v) is 23.0. The Bertz CT molecular complexity index is 1560. The summed E-state index contributed by atoms with van der Waals surface area (Å²) >= 11 is 5.98. The Hall–Kier alpha value is -3.30. The Labute approximate surface area is 233 Å². The van der Waals surface area contributed by atoms with Gasteiger partial charge in [-0.2, -0.15) is 0 Å². The fourth-order valence-electron chi connectivity index (χ4n) is 6.28. The number of benzene rings is 2. The van der Waals surface area contributed by atoms with Gasteiger partial charge in [-0.3, -0.25) is 14.3 Å². The fourth-order valence-corrected chi connectivity index (χ4v) is 7.48. The highest BCUT2D eigenvalue weighted by Crippen LogP contribution is 2.40. The highest BCUT2D eigenvalue weighted by atomic mass is 35.5. The standard InChI is InChI=1S/C29H31ClN4O4S/c30-22-9-11-24(12-10-22)39(37,38)32-25-15-20(29(36)31-23-4-1-2-5-23)8-13-27(25)33-16-19-14-21(18-33)26-6-3-7-28(35)34(26)17-19/h3,6-13,15,19,21,23,32H,1-2,4-5,14,16-18H2,(H,31,36). The molecule has 2 bridgehead atoms. The van der Waals surface area contributed by atoms with Crippen molar-refractivity contribution >= 4 is 38.9 Å². The van der Waals surface area contributed by atoms with Gasteiger partial charge in [0, 0.05) is 53.9 Å². The van der Waals surface area contributed by atoms with E-state index < -0.39 is 10.0 Å². The number of halogens is 1. The van der Waals surface area contributed by atoms with E-state index in [1.54, 1.807) is 24.3 Å². The van der Waals surface area contributed by atoms with Gasteiger partial charge in [0.05, 0.1) is 16.3 Å². The number of anilines is 2. The number of sulfonamides is 1. The van der Waals surface area contributed by atoms with Gasteiger partial charge in [0.1, 0.15) is 0 Å². The van der Waals surface area contributed by atoms with Crippen molar-refractivity contribution in [3.05, 3.63) is 87.3 Å². The van der Waals surface area contributed by atoms with Crippen molar-refractivity contribution < 1.29 is 13.2 Å². The first kappa shape index (κ1) is 26.0. The summed E-state index contributed by atoms with van der Waals surface area (Å²) in [5.41, 5.74) is 2.51. The topological polar surface area (TPSA) is 101 Å². The lowest BCUT2D eigenvalue weighted by molar-refractivity contribution is 0.0938. The van der Waals surface area contributed by atoms with E-state index in [9.17, 15) is 18.0 Å². The van der Waals surface area contributed by atoms with Crippen molar-refractivity contribution in [1.29, 1.82) is 0 Å². The maximum Gasteiger partial charge on any atom is 0.261 e. The molecule has 10 heteroatoms. The van der Waals surface area contributed by atoms with E-state index >= 15 is 0 Å². The van der Waals surface area contributed by atoms with Gasteiger partial charge in [-0.1, -0.05) is 30.5 Å². The lowest BCUT2D eigenvalue weighted by Gasteiger charge is -2.44. The van der Waals surface area contributed by atoms with Gasteiger partial charge >= 0.3 is 0 Å². The van der Waals surface area contributed by atoms with Crippen LogP contribution in [-0.2, 0) is 16.6 Å². The Balaban J connectivity index is 1.34. The van der Waals surface area contributed by atoms with Crippen molar-refractivity contribution in [1.82, 2.24) is 9.88 Å². The second-order valence-corrected chi connectivity index (χ2v) is 13.0. The maximum atomic E-state index is 13.4. The van der Waals surface area contributed by atoms with Gasteiger partial charge in [0.15, 0.2) is 0 Å². The third-order valence-electron chi connectivity index (χ3n) is 8.14. The second-order valence-electron chi connectivity index (χ2n) is 10.8. The third-order valence-corrected chi connectivity index (χ3v) is 9.77. The minimum absolute atomic E-state index is 0.0182. The SMILES string of the molecule is O=C(NC1CCCC1)c1ccc(N2CC3CC(C2)c2cccc(=O)n2C3)c(NS(=O)(=O)c2ccc(Cl)cc2)c1.